The van der Waals surface area contributed by atoms with Crippen LogP contribution in [-0.4, -0.2) is 14.8 Å². The predicted octanol–water partition coefficient (Wildman–Crippen LogP) is 4.28. The summed E-state index contributed by atoms with van der Waals surface area (Å²) in [6.07, 6.45) is 1.71. The predicted molar refractivity (Wildman–Crippen MR) is 103 cm³/mol. The van der Waals surface area contributed by atoms with Gasteiger partial charge < -0.3 is 4.42 Å². The molecule has 5 nitrogen and oxygen atoms in total. The molecule has 130 valence electrons. The maximum atomic E-state index is 11.9. The van der Waals surface area contributed by atoms with E-state index < -0.39 is 0 Å². The molecule has 0 saturated heterocycles. The summed E-state index contributed by atoms with van der Waals surface area (Å²) in [5, 5.41) is 10.0. The Kier molecular flexibility index (Phi) is 4.34. The highest BCUT2D eigenvalue weighted by Gasteiger charge is 2.12. The normalized spacial score (nSPS) is 11.2. The van der Waals surface area contributed by atoms with E-state index in [0.717, 1.165) is 32.9 Å². The first-order valence-electron chi connectivity index (χ1n) is 8.24. The molecule has 4 aromatic rings. The molecule has 0 bridgehead atoms. The van der Waals surface area contributed by atoms with Crippen LogP contribution >= 0.6 is 11.8 Å². The lowest BCUT2D eigenvalue weighted by atomic mass is 10.1. The zero-order valence-electron chi connectivity index (χ0n) is 14.5. The van der Waals surface area contributed by atoms with Crippen LogP contribution in [0.1, 0.15) is 16.7 Å². The highest BCUT2D eigenvalue weighted by Crippen LogP contribution is 2.27. The maximum Gasteiger partial charge on any atom is 0.336 e. The van der Waals surface area contributed by atoms with E-state index >= 15 is 0 Å². The summed E-state index contributed by atoms with van der Waals surface area (Å²) in [4.78, 5) is 11.9. The molecule has 2 heterocycles. The monoisotopic (exact) mass is 363 g/mol. The number of thioether (sulfide) groups is 1. The molecule has 6 heteroatoms. The van der Waals surface area contributed by atoms with Gasteiger partial charge in [0.15, 0.2) is 5.16 Å². The van der Waals surface area contributed by atoms with Gasteiger partial charge >= 0.3 is 5.63 Å². The van der Waals surface area contributed by atoms with Crippen LogP contribution in [0.25, 0.3) is 16.7 Å². The van der Waals surface area contributed by atoms with Crippen LogP contribution in [0.5, 0.6) is 0 Å². The molecule has 0 unspecified atom stereocenters. The molecule has 0 aliphatic heterocycles. The summed E-state index contributed by atoms with van der Waals surface area (Å²) < 4.78 is 7.30. The van der Waals surface area contributed by atoms with Crippen molar-refractivity contribution in [1.29, 1.82) is 0 Å². The van der Waals surface area contributed by atoms with E-state index in [1.165, 1.54) is 0 Å². The summed E-state index contributed by atoms with van der Waals surface area (Å²) >= 11 is 1.55. The van der Waals surface area contributed by atoms with Gasteiger partial charge in [0.25, 0.3) is 0 Å². The third kappa shape index (κ3) is 3.15. The number of hydrogen-bond donors (Lipinski definition) is 0. The van der Waals surface area contributed by atoms with Crippen LogP contribution in [0.2, 0.25) is 0 Å². The number of fused-ring (bicyclic) bond motifs is 1. The zero-order valence-corrected chi connectivity index (χ0v) is 15.3. The Bertz CT molecular complexity index is 1150. The van der Waals surface area contributed by atoms with Crippen molar-refractivity contribution >= 4 is 22.7 Å². The lowest BCUT2D eigenvalue weighted by molar-refractivity contribution is 0.559. The Morgan fingerprint density at radius 2 is 1.96 bits per heavy atom. The van der Waals surface area contributed by atoms with Crippen LogP contribution < -0.4 is 5.63 Å². The fraction of sp³-hybridized carbons (Fsp3) is 0.150. The van der Waals surface area contributed by atoms with E-state index in [1.54, 1.807) is 24.2 Å². The van der Waals surface area contributed by atoms with E-state index in [9.17, 15) is 4.79 Å². The first-order valence-corrected chi connectivity index (χ1v) is 9.22. The highest BCUT2D eigenvalue weighted by atomic mass is 32.2. The van der Waals surface area contributed by atoms with Crippen molar-refractivity contribution in [2.24, 2.45) is 0 Å². The number of rotatable bonds is 4. The Balaban J connectivity index is 1.68. The van der Waals surface area contributed by atoms with Crippen molar-refractivity contribution < 1.29 is 4.42 Å². The summed E-state index contributed by atoms with van der Waals surface area (Å²) in [6.45, 7) is 4.04. The van der Waals surface area contributed by atoms with Crippen LogP contribution in [-0.2, 0) is 5.75 Å². The van der Waals surface area contributed by atoms with Crippen LogP contribution in [0, 0.1) is 13.8 Å². The third-order valence-electron chi connectivity index (χ3n) is 4.23. The van der Waals surface area contributed by atoms with Gasteiger partial charge in [-0.3, -0.25) is 4.57 Å². The van der Waals surface area contributed by atoms with Gasteiger partial charge in [0, 0.05) is 17.2 Å². The van der Waals surface area contributed by atoms with E-state index in [4.69, 9.17) is 4.42 Å². The van der Waals surface area contributed by atoms with Gasteiger partial charge in [0.05, 0.1) is 5.69 Å². The zero-order chi connectivity index (χ0) is 18.1. The lowest BCUT2D eigenvalue weighted by Gasteiger charge is -2.09. The second-order valence-electron chi connectivity index (χ2n) is 6.15. The van der Waals surface area contributed by atoms with E-state index in [2.05, 4.69) is 23.2 Å². The standard InChI is InChI=1S/C20H17N3O2S/c1-13-7-8-16-15(10-19(24)25-18(16)9-13)11-26-20-22-21-12-23(20)17-6-4-3-5-14(17)2/h3-10,12H,11H2,1-2H3. The molecule has 0 amide bonds. The molecule has 2 aromatic carbocycles. The molecule has 0 saturated carbocycles. The third-order valence-corrected chi connectivity index (χ3v) is 5.23. The minimum absolute atomic E-state index is 0.334. The quantitative estimate of drug-likeness (QED) is 0.400. The van der Waals surface area contributed by atoms with Crippen molar-refractivity contribution in [3.8, 4) is 5.69 Å². The smallest absolute Gasteiger partial charge is 0.336 e. The molecule has 26 heavy (non-hydrogen) atoms. The average molecular weight is 363 g/mol. The first-order chi connectivity index (χ1) is 12.6. The number of nitrogens with zero attached hydrogens (tertiary/aromatic N) is 3. The summed E-state index contributed by atoms with van der Waals surface area (Å²) in [5.41, 5.74) is 4.47. The fourth-order valence-corrected chi connectivity index (χ4v) is 3.83. The molecule has 4 rings (SSSR count). The molecule has 0 radical (unpaired) electrons. The van der Waals surface area contributed by atoms with Crippen molar-refractivity contribution in [3.63, 3.8) is 0 Å². The minimum Gasteiger partial charge on any atom is -0.423 e. The number of hydrogen-bond acceptors (Lipinski definition) is 5. The van der Waals surface area contributed by atoms with Crippen LogP contribution in [0.4, 0.5) is 0 Å². The fourth-order valence-electron chi connectivity index (χ4n) is 2.92. The van der Waals surface area contributed by atoms with E-state index in [0.29, 0.717) is 11.3 Å². The number of aromatic nitrogens is 3. The van der Waals surface area contributed by atoms with E-state index in [1.807, 2.05) is 47.9 Å². The molecule has 2 aromatic heterocycles. The van der Waals surface area contributed by atoms with Gasteiger partial charge in [-0.15, -0.1) is 10.2 Å². The maximum absolute atomic E-state index is 11.9. The molecular formula is C20H17N3O2S. The summed E-state index contributed by atoms with van der Waals surface area (Å²) in [7, 11) is 0. The Morgan fingerprint density at radius 3 is 2.81 bits per heavy atom. The highest BCUT2D eigenvalue weighted by molar-refractivity contribution is 7.98. The average Bonchev–Trinajstić information content (AvgIpc) is 3.08. The van der Waals surface area contributed by atoms with Crippen molar-refractivity contribution in [2.75, 3.05) is 0 Å². The van der Waals surface area contributed by atoms with Crippen LogP contribution in [0.3, 0.4) is 0 Å². The molecule has 0 atom stereocenters. The number of aryl methyl sites for hydroxylation is 2. The lowest BCUT2D eigenvalue weighted by Crippen LogP contribution is -2.01. The topological polar surface area (TPSA) is 60.9 Å². The van der Waals surface area contributed by atoms with Gasteiger partial charge in [-0.2, -0.15) is 0 Å². The molecule has 0 N–H and O–H groups in total. The summed E-state index contributed by atoms with van der Waals surface area (Å²) in [5.74, 6) is 0.607. The van der Waals surface area contributed by atoms with Gasteiger partial charge in [-0.1, -0.05) is 42.1 Å². The molecular weight excluding hydrogens is 346 g/mol. The van der Waals surface area contributed by atoms with Gasteiger partial charge in [0.2, 0.25) is 0 Å². The molecule has 0 aliphatic carbocycles. The van der Waals surface area contributed by atoms with Crippen molar-refractivity contribution in [1.82, 2.24) is 14.8 Å². The Hall–Kier alpha value is -2.86. The molecule has 0 aliphatic rings. The molecule has 0 spiro atoms. The van der Waals surface area contributed by atoms with E-state index in [-0.39, 0.29) is 5.63 Å². The Morgan fingerprint density at radius 1 is 1.12 bits per heavy atom. The minimum atomic E-state index is -0.334. The largest absolute Gasteiger partial charge is 0.423 e. The van der Waals surface area contributed by atoms with Crippen molar-refractivity contribution in [2.45, 2.75) is 24.8 Å². The Labute approximate surface area is 154 Å². The van der Waals surface area contributed by atoms with Gasteiger partial charge in [-0.05, 0) is 42.7 Å². The van der Waals surface area contributed by atoms with Gasteiger partial charge in [0.1, 0.15) is 11.9 Å². The number of benzene rings is 2. The van der Waals surface area contributed by atoms with Gasteiger partial charge in [-0.25, -0.2) is 4.79 Å². The molecule has 0 fully saturated rings. The SMILES string of the molecule is Cc1ccc2c(CSc3nncn3-c3ccccc3C)cc(=O)oc2c1. The van der Waals surface area contributed by atoms with Crippen LogP contribution in [0.15, 0.2) is 69.2 Å². The van der Waals surface area contributed by atoms with Crippen molar-refractivity contribution in [3.05, 3.63) is 82.0 Å². The second-order valence-corrected chi connectivity index (χ2v) is 7.09. The summed E-state index contributed by atoms with van der Waals surface area (Å²) in [6, 6.07) is 15.6. The first kappa shape index (κ1) is 16.6. The second kappa shape index (κ2) is 6.80. The number of para-hydroxylation sites is 1.